The van der Waals surface area contributed by atoms with Gasteiger partial charge < -0.3 is 15.1 Å². The molecule has 1 saturated heterocycles. The highest BCUT2D eigenvalue weighted by atomic mass is 16.3. The van der Waals surface area contributed by atoms with Crippen molar-refractivity contribution in [3.8, 4) is 11.5 Å². The second kappa shape index (κ2) is 4.45. The molecule has 1 aromatic rings. The number of Topliss-reactive ketones (excluding diaryl/α,β-unsaturated/α-hetero) is 1. The summed E-state index contributed by atoms with van der Waals surface area (Å²) in [6.07, 6.45) is 0.705. The Hall–Kier alpha value is -2.04. The van der Waals surface area contributed by atoms with Gasteiger partial charge in [-0.05, 0) is 18.2 Å². The largest absolute Gasteiger partial charge is 0.508 e. The predicted octanol–water partition coefficient (Wildman–Crippen LogP) is 0.903. The predicted molar refractivity (Wildman–Crippen MR) is 59.9 cm³/mol. The normalized spacial score (nSPS) is 16.0. The van der Waals surface area contributed by atoms with E-state index in [-0.39, 0.29) is 28.8 Å². The van der Waals surface area contributed by atoms with Gasteiger partial charge in [-0.15, -0.1) is 0 Å². The molecule has 0 aliphatic carbocycles. The molecule has 1 heterocycles. The van der Waals surface area contributed by atoms with Crippen LogP contribution in [-0.4, -0.2) is 39.9 Å². The van der Waals surface area contributed by atoms with Crippen molar-refractivity contribution < 1.29 is 19.8 Å². The second-order valence-electron chi connectivity index (χ2n) is 4.03. The minimum Gasteiger partial charge on any atom is -0.508 e. The van der Waals surface area contributed by atoms with Gasteiger partial charge in [-0.1, -0.05) is 0 Å². The summed E-state index contributed by atoms with van der Waals surface area (Å²) in [7, 11) is 0. The number of aromatic hydroxyl groups is 2. The number of piperidine rings is 1. The quantitative estimate of drug-likeness (QED) is 0.709. The van der Waals surface area contributed by atoms with Crippen LogP contribution >= 0.6 is 0 Å². The Morgan fingerprint density at radius 2 is 1.82 bits per heavy atom. The first-order valence-electron chi connectivity index (χ1n) is 5.41. The van der Waals surface area contributed by atoms with Crippen molar-refractivity contribution in [2.75, 3.05) is 13.1 Å². The monoisotopic (exact) mass is 235 g/mol. The molecule has 1 aliphatic rings. The van der Waals surface area contributed by atoms with E-state index in [2.05, 4.69) is 0 Å². The standard InChI is InChI=1S/C12H13NO4/c14-8-3-5-13(6-4-8)12(17)10-7-9(15)1-2-11(10)16/h1-2,7,15-16H,3-6H2. The molecule has 1 amide bonds. The number of rotatable bonds is 1. The average Bonchev–Trinajstić information content (AvgIpc) is 2.32. The fraction of sp³-hybridized carbons (Fsp3) is 0.333. The van der Waals surface area contributed by atoms with E-state index in [1.54, 1.807) is 0 Å². The Balaban J connectivity index is 2.19. The summed E-state index contributed by atoms with van der Waals surface area (Å²) < 4.78 is 0. The van der Waals surface area contributed by atoms with Gasteiger partial charge in [0.15, 0.2) is 0 Å². The summed E-state index contributed by atoms with van der Waals surface area (Å²) >= 11 is 0. The van der Waals surface area contributed by atoms with Gasteiger partial charge in [-0.25, -0.2) is 0 Å². The molecule has 17 heavy (non-hydrogen) atoms. The first-order chi connectivity index (χ1) is 8.08. The van der Waals surface area contributed by atoms with E-state index in [0.29, 0.717) is 25.9 Å². The zero-order chi connectivity index (χ0) is 12.4. The van der Waals surface area contributed by atoms with E-state index in [9.17, 15) is 19.8 Å². The van der Waals surface area contributed by atoms with Crippen LogP contribution in [0.2, 0.25) is 0 Å². The highest BCUT2D eigenvalue weighted by Gasteiger charge is 2.23. The fourth-order valence-electron chi connectivity index (χ4n) is 1.82. The molecule has 1 aromatic carbocycles. The van der Waals surface area contributed by atoms with E-state index in [0.717, 1.165) is 0 Å². The summed E-state index contributed by atoms with van der Waals surface area (Å²) in [6.45, 7) is 0.736. The van der Waals surface area contributed by atoms with Crippen LogP contribution in [0.25, 0.3) is 0 Å². The number of ketones is 1. The highest BCUT2D eigenvalue weighted by Crippen LogP contribution is 2.24. The van der Waals surface area contributed by atoms with Crippen LogP contribution in [0.4, 0.5) is 0 Å². The topological polar surface area (TPSA) is 77.8 Å². The van der Waals surface area contributed by atoms with Crippen molar-refractivity contribution in [3.63, 3.8) is 0 Å². The van der Waals surface area contributed by atoms with Crippen LogP contribution < -0.4 is 0 Å². The summed E-state index contributed by atoms with van der Waals surface area (Å²) in [6, 6.07) is 3.82. The summed E-state index contributed by atoms with van der Waals surface area (Å²) in [5.74, 6) is -0.441. The SMILES string of the molecule is O=C1CCN(C(=O)c2cc(O)ccc2O)CC1. The van der Waals surface area contributed by atoms with Gasteiger partial charge in [-0.2, -0.15) is 0 Å². The van der Waals surface area contributed by atoms with Crippen LogP contribution in [0.1, 0.15) is 23.2 Å². The number of phenolic OH excluding ortho intramolecular Hbond substituents is 2. The summed E-state index contributed by atoms with van der Waals surface area (Å²) in [4.78, 5) is 24.6. The molecule has 5 heteroatoms. The lowest BCUT2D eigenvalue weighted by molar-refractivity contribution is -0.120. The Kier molecular flexibility index (Phi) is 2.99. The van der Waals surface area contributed by atoms with Crippen molar-refractivity contribution >= 4 is 11.7 Å². The molecule has 2 rings (SSSR count). The van der Waals surface area contributed by atoms with E-state index >= 15 is 0 Å². The van der Waals surface area contributed by atoms with Gasteiger partial charge >= 0.3 is 0 Å². The smallest absolute Gasteiger partial charge is 0.257 e. The number of benzene rings is 1. The van der Waals surface area contributed by atoms with E-state index in [1.807, 2.05) is 0 Å². The zero-order valence-corrected chi connectivity index (χ0v) is 9.22. The minimum absolute atomic E-state index is 0.0688. The van der Waals surface area contributed by atoms with Crippen LogP contribution in [0.15, 0.2) is 18.2 Å². The lowest BCUT2D eigenvalue weighted by Gasteiger charge is -2.26. The number of carbonyl (C=O) groups is 2. The van der Waals surface area contributed by atoms with Gasteiger partial charge in [0.2, 0.25) is 0 Å². The van der Waals surface area contributed by atoms with Gasteiger partial charge in [0.05, 0.1) is 5.56 Å². The molecule has 2 N–H and O–H groups in total. The number of amides is 1. The molecule has 0 bridgehead atoms. The number of likely N-dealkylation sites (tertiary alicyclic amines) is 1. The maximum absolute atomic E-state index is 12.0. The van der Waals surface area contributed by atoms with Gasteiger partial charge in [0.1, 0.15) is 17.3 Å². The van der Waals surface area contributed by atoms with Gasteiger partial charge in [-0.3, -0.25) is 9.59 Å². The first kappa shape index (κ1) is 11.4. The van der Waals surface area contributed by atoms with Crippen molar-refractivity contribution in [2.45, 2.75) is 12.8 Å². The van der Waals surface area contributed by atoms with E-state index in [1.165, 1.54) is 23.1 Å². The molecule has 0 unspecified atom stereocenters. The second-order valence-corrected chi connectivity index (χ2v) is 4.03. The molecular weight excluding hydrogens is 222 g/mol. The maximum atomic E-state index is 12.0. The molecule has 0 spiro atoms. The number of hydrogen-bond donors (Lipinski definition) is 2. The zero-order valence-electron chi connectivity index (χ0n) is 9.22. The third kappa shape index (κ3) is 2.38. The van der Waals surface area contributed by atoms with Crippen LogP contribution in [0.5, 0.6) is 11.5 Å². The molecule has 1 fully saturated rings. The Bertz CT molecular complexity index is 460. The average molecular weight is 235 g/mol. The van der Waals surface area contributed by atoms with Crippen molar-refractivity contribution in [3.05, 3.63) is 23.8 Å². The molecule has 90 valence electrons. The molecule has 0 atom stereocenters. The third-order valence-corrected chi connectivity index (χ3v) is 2.82. The minimum atomic E-state index is -0.356. The number of nitrogens with zero attached hydrogens (tertiary/aromatic N) is 1. The van der Waals surface area contributed by atoms with Gasteiger partial charge in [0.25, 0.3) is 5.91 Å². The fourth-order valence-corrected chi connectivity index (χ4v) is 1.82. The summed E-state index contributed by atoms with van der Waals surface area (Å²) in [5.41, 5.74) is 0.0688. The highest BCUT2D eigenvalue weighted by molar-refractivity contribution is 5.98. The lowest BCUT2D eigenvalue weighted by Crippen LogP contribution is -2.38. The molecule has 5 nitrogen and oxygen atoms in total. The Morgan fingerprint density at radius 1 is 1.18 bits per heavy atom. The first-order valence-corrected chi connectivity index (χ1v) is 5.41. The third-order valence-electron chi connectivity index (χ3n) is 2.82. The van der Waals surface area contributed by atoms with Gasteiger partial charge in [0, 0.05) is 25.9 Å². The Morgan fingerprint density at radius 3 is 2.47 bits per heavy atom. The number of phenols is 2. The molecule has 0 aromatic heterocycles. The Labute approximate surface area is 98.3 Å². The van der Waals surface area contributed by atoms with Crippen molar-refractivity contribution in [1.29, 1.82) is 0 Å². The number of hydrogen-bond acceptors (Lipinski definition) is 4. The van der Waals surface area contributed by atoms with Crippen LogP contribution in [0.3, 0.4) is 0 Å². The molecular formula is C12H13NO4. The summed E-state index contributed by atoms with van der Waals surface area (Å²) in [5, 5.41) is 18.9. The molecule has 0 saturated carbocycles. The lowest BCUT2D eigenvalue weighted by atomic mass is 10.1. The van der Waals surface area contributed by atoms with Crippen LogP contribution in [0, 0.1) is 0 Å². The van der Waals surface area contributed by atoms with E-state index in [4.69, 9.17) is 0 Å². The van der Waals surface area contributed by atoms with Crippen molar-refractivity contribution in [2.24, 2.45) is 0 Å². The molecule has 1 aliphatic heterocycles. The van der Waals surface area contributed by atoms with Crippen LogP contribution in [-0.2, 0) is 4.79 Å². The maximum Gasteiger partial charge on any atom is 0.257 e. The number of carbonyl (C=O) groups excluding carboxylic acids is 2. The van der Waals surface area contributed by atoms with E-state index < -0.39 is 0 Å². The van der Waals surface area contributed by atoms with Crippen molar-refractivity contribution in [1.82, 2.24) is 4.90 Å². The molecule has 0 radical (unpaired) electrons.